The second kappa shape index (κ2) is 9.22. The summed E-state index contributed by atoms with van der Waals surface area (Å²) < 4.78 is 0. The first-order valence-corrected chi connectivity index (χ1v) is 8.82. The smallest absolute Gasteiger partial charge is 0.0233 e. The van der Waals surface area contributed by atoms with Crippen molar-refractivity contribution in [1.82, 2.24) is 10.2 Å². The van der Waals surface area contributed by atoms with Crippen molar-refractivity contribution in [2.45, 2.75) is 59.0 Å². The molecule has 1 unspecified atom stereocenters. The first-order chi connectivity index (χ1) is 10.3. The Hall–Kier alpha value is -0.860. The van der Waals surface area contributed by atoms with Crippen LogP contribution in [0.1, 0.15) is 57.1 Å². The zero-order valence-corrected chi connectivity index (χ0v) is 13.9. The maximum atomic E-state index is 3.38. The van der Waals surface area contributed by atoms with E-state index in [1.165, 1.54) is 56.3 Å². The molecule has 1 saturated heterocycles. The van der Waals surface area contributed by atoms with Gasteiger partial charge < -0.3 is 5.32 Å². The molecule has 1 aromatic carbocycles. The summed E-state index contributed by atoms with van der Waals surface area (Å²) in [7, 11) is 0. The van der Waals surface area contributed by atoms with E-state index >= 15 is 0 Å². The van der Waals surface area contributed by atoms with E-state index in [0.717, 1.165) is 25.6 Å². The van der Waals surface area contributed by atoms with Gasteiger partial charge in [-0.2, -0.15) is 0 Å². The van der Waals surface area contributed by atoms with Crippen LogP contribution in [0.5, 0.6) is 0 Å². The summed E-state index contributed by atoms with van der Waals surface area (Å²) in [4.78, 5) is 2.65. The van der Waals surface area contributed by atoms with Gasteiger partial charge in [0.05, 0.1) is 0 Å². The van der Waals surface area contributed by atoms with E-state index in [1.54, 1.807) is 0 Å². The van der Waals surface area contributed by atoms with Crippen molar-refractivity contribution in [3.05, 3.63) is 35.4 Å². The van der Waals surface area contributed by atoms with Crippen LogP contribution in [0.25, 0.3) is 0 Å². The lowest BCUT2D eigenvalue weighted by atomic mass is 9.96. The van der Waals surface area contributed by atoms with Gasteiger partial charge in [-0.25, -0.2) is 0 Å². The number of likely N-dealkylation sites (tertiary alicyclic amines) is 1. The first kappa shape index (κ1) is 16.5. The molecule has 0 aliphatic carbocycles. The lowest BCUT2D eigenvalue weighted by molar-refractivity contribution is 0.271. The Labute approximate surface area is 130 Å². The summed E-state index contributed by atoms with van der Waals surface area (Å²) >= 11 is 0. The molecule has 1 N–H and O–H groups in total. The van der Waals surface area contributed by atoms with Crippen LogP contribution in [0.2, 0.25) is 0 Å². The van der Waals surface area contributed by atoms with Gasteiger partial charge in [-0.15, -0.1) is 0 Å². The SMILES string of the molecule is CCCC1CCCN(Cc2ccc(CNCC)cc2)CC1. The highest BCUT2D eigenvalue weighted by atomic mass is 15.1. The largest absolute Gasteiger partial charge is 0.313 e. The molecule has 118 valence electrons. The Morgan fingerprint density at radius 3 is 2.52 bits per heavy atom. The van der Waals surface area contributed by atoms with Crippen molar-refractivity contribution in [3.8, 4) is 0 Å². The summed E-state index contributed by atoms with van der Waals surface area (Å²) in [6.45, 7) is 10.2. The molecule has 2 nitrogen and oxygen atoms in total. The highest BCUT2D eigenvalue weighted by Gasteiger charge is 2.16. The van der Waals surface area contributed by atoms with E-state index in [9.17, 15) is 0 Å². The Morgan fingerprint density at radius 1 is 1.05 bits per heavy atom. The number of hydrogen-bond acceptors (Lipinski definition) is 2. The quantitative estimate of drug-likeness (QED) is 0.809. The summed E-state index contributed by atoms with van der Waals surface area (Å²) in [6.07, 6.45) is 6.98. The molecule has 0 saturated carbocycles. The van der Waals surface area contributed by atoms with Gasteiger partial charge >= 0.3 is 0 Å². The fraction of sp³-hybridized carbons (Fsp3) is 0.684. The van der Waals surface area contributed by atoms with Gasteiger partial charge in [0.25, 0.3) is 0 Å². The highest BCUT2D eigenvalue weighted by Crippen LogP contribution is 2.22. The zero-order valence-electron chi connectivity index (χ0n) is 13.9. The average molecular weight is 288 g/mol. The van der Waals surface area contributed by atoms with Crippen molar-refractivity contribution in [3.63, 3.8) is 0 Å². The average Bonchev–Trinajstić information content (AvgIpc) is 2.73. The minimum absolute atomic E-state index is 0.975. The van der Waals surface area contributed by atoms with Crippen molar-refractivity contribution < 1.29 is 0 Å². The standard InChI is InChI=1S/C19H32N2/c1-3-6-17-7-5-13-21(14-12-17)16-19-10-8-18(9-11-19)15-20-4-2/h8-11,17,20H,3-7,12-16H2,1-2H3. The number of nitrogens with zero attached hydrogens (tertiary/aromatic N) is 1. The van der Waals surface area contributed by atoms with Gasteiger partial charge in [0, 0.05) is 13.1 Å². The van der Waals surface area contributed by atoms with Crippen molar-refractivity contribution in [1.29, 1.82) is 0 Å². The molecule has 1 aliphatic rings. The molecule has 21 heavy (non-hydrogen) atoms. The fourth-order valence-corrected chi connectivity index (χ4v) is 3.37. The predicted octanol–water partition coefficient (Wildman–Crippen LogP) is 4.20. The Morgan fingerprint density at radius 2 is 1.81 bits per heavy atom. The Bertz CT molecular complexity index is 385. The molecule has 0 radical (unpaired) electrons. The van der Waals surface area contributed by atoms with Crippen molar-refractivity contribution >= 4 is 0 Å². The van der Waals surface area contributed by atoms with E-state index in [4.69, 9.17) is 0 Å². The molecule has 2 rings (SSSR count). The monoisotopic (exact) mass is 288 g/mol. The molecule has 1 atom stereocenters. The van der Waals surface area contributed by atoms with Crippen LogP contribution in [-0.2, 0) is 13.1 Å². The predicted molar refractivity (Wildman–Crippen MR) is 91.3 cm³/mol. The molecule has 1 heterocycles. The van der Waals surface area contributed by atoms with Crippen LogP contribution >= 0.6 is 0 Å². The maximum absolute atomic E-state index is 3.38. The zero-order chi connectivity index (χ0) is 14.9. The molecule has 2 heteroatoms. The van der Waals surface area contributed by atoms with Gasteiger partial charge in [-0.1, -0.05) is 51.0 Å². The van der Waals surface area contributed by atoms with Crippen LogP contribution in [0, 0.1) is 5.92 Å². The Balaban J connectivity index is 1.81. The topological polar surface area (TPSA) is 15.3 Å². The summed E-state index contributed by atoms with van der Waals surface area (Å²) in [5.41, 5.74) is 2.85. The molecule has 0 aromatic heterocycles. The normalized spacial score (nSPS) is 20.4. The highest BCUT2D eigenvalue weighted by molar-refractivity contribution is 5.22. The van der Waals surface area contributed by atoms with E-state index in [1.807, 2.05) is 0 Å². The van der Waals surface area contributed by atoms with Gasteiger partial charge in [0.2, 0.25) is 0 Å². The molecular weight excluding hydrogens is 256 g/mol. The van der Waals surface area contributed by atoms with Gasteiger partial charge in [-0.05, 0) is 55.9 Å². The van der Waals surface area contributed by atoms with Gasteiger partial charge in [-0.3, -0.25) is 4.90 Å². The van der Waals surface area contributed by atoms with Crippen LogP contribution in [-0.4, -0.2) is 24.5 Å². The molecule has 1 aromatic rings. The molecule has 1 aliphatic heterocycles. The first-order valence-electron chi connectivity index (χ1n) is 8.82. The number of rotatable bonds is 7. The third-order valence-corrected chi connectivity index (χ3v) is 4.65. The third kappa shape index (κ3) is 5.80. The fourth-order valence-electron chi connectivity index (χ4n) is 3.37. The second-order valence-corrected chi connectivity index (χ2v) is 6.46. The number of nitrogens with one attached hydrogen (secondary N) is 1. The minimum Gasteiger partial charge on any atom is -0.313 e. The van der Waals surface area contributed by atoms with E-state index in [0.29, 0.717) is 0 Å². The third-order valence-electron chi connectivity index (χ3n) is 4.65. The van der Waals surface area contributed by atoms with Gasteiger partial charge in [0.1, 0.15) is 0 Å². The van der Waals surface area contributed by atoms with E-state index < -0.39 is 0 Å². The maximum Gasteiger partial charge on any atom is 0.0233 e. The van der Waals surface area contributed by atoms with Crippen molar-refractivity contribution in [2.24, 2.45) is 5.92 Å². The lowest BCUT2D eigenvalue weighted by Crippen LogP contribution is -2.24. The minimum atomic E-state index is 0.975. The number of hydrogen-bond donors (Lipinski definition) is 1. The van der Waals surface area contributed by atoms with Gasteiger partial charge in [0.15, 0.2) is 0 Å². The molecular formula is C19H32N2. The summed E-state index contributed by atoms with van der Waals surface area (Å²) in [5, 5.41) is 3.38. The Kier molecular flexibility index (Phi) is 7.25. The van der Waals surface area contributed by atoms with Crippen molar-refractivity contribution in [2.75, 3.05) is 19.6 Å². The van der Waals surface area contributed by atoms with Crippen LogP contribution < -0.4 is 5.32 Å². The molecule has 1 fully saturated rings. The molecule has 0 bridgehead atoms. The summed E-state index contributed by atoms with van der Waals surface area (Å²) in [5.74, 6) is 0.975. The van der Waals surface area contributed by atoms with Crippen LogP contribution in [0.3, 0.4) is 0 Å². The lowest BCUT2D eigenvalue weighted by Gasteiger charge is -2.20. The van der Waals surface area contributed by atoms with Crippen LogP contribution in [0.15, 0.2) is 24.3 Å². The number of benzene rings is 1. The molecule has 0 spiro atoms. The van der Waals surface area contributed by atoms with E-state index in [2.05, 4.69) is 48.3 Å². The van der Waals surface area contributed by atoms with E-state index in [-0.39, 0.29) is 0 Å². The summed E-state index contributed by atoms with van der Waals surface area (Å²) in [6, 6.07) is 9.16. The van der Waals surface area contributed by atoms with Crippen LogP contribution in [0.4, 0.5) is 0 Å². The molecule has 0 amide bonds. The second-order valence-electron chi connectivity index (χ2n) is 6.46.